The summed E-state index contributed by atoms with van der Waals surface area (Å²) < 4.78 is 0. The van der Waals surface area contributed by atoms with Crippen molar-refractivity contribution in [2.75, 3.05) is 0 Å². The zero-order valence-corrected chi connectivity index (χ0v) is 21.9. The van der Waals surface area contributed by atoms with E-state index in [1.54, 1.807) is 0 Å². The van der Waals surface area contributed by atoms with Crippen molar-refractivity contribution in [3.8, 4) is 33.8 Å². The van der Waals surface area contributed by atoms with E-state index in [1.807, 2.05) is 6.07 Å². The van der Waals surface area contributed by atoms with E-state index in [4.69, 9.17) is 9.97 Å². The highest BCUT2D eigenvalue weighted by atomic mass is 14.9. The second-order valence-electron chi connectivity index (χ2n) is 11.0. The minimum Gasteiger partial charge on any atom is -0.227 e. The van der Waals surface area contributed by atoms with Crippen molar-refractivity contribution >= 4 is 32.4 Å². The summed E-state index contributed by atoms with van der Waals surface area (Å²) in [6, 6.07) is 43.4. The molecule has 184 valence electrons. The number of hydrogen-bond donors (Lipinski definition) is 0. The van der Waals surface area contributed by atoms with Crippen LogP contribution in [0.3, 0.4) is 0 Å². The molecule has 1 heterocycles. The van der Waals surface area contributed by atoms with Crippen LogP contribution in [0.15, 0.2) is 121 Å². The van der Waals surface area contributed by atoms with Gasteiger partial charge in [-0.2, -0.15) is 0 Å². The fourth-order valence-electron chi connectivity index (χ4n) is 6.47. The fourth-order valence-corrected chi connectivity index (χ4v) is 6.47. The standard InChI is InChI=1S/C37H26N2/c1-37(2)32-18-9-8-16-27(32)31-22-30-25(21-33(31)37)14-10-17-28(30)36-38-34(24-12-4-3-5-13-24)29-20-19-23-11-6-7-15-26(23)35(29)39-36/h3-22H,1-2H3. The SMILES string of the molecule is CC1(C)c2ccccc2-c2cc3c(-c4nc(-c5ccccc5)c5ccc6ccccc6c5n4)cccc3cc21. The lowest BCUT2D eigenvalue weighted by Gasteiger charge is -2.22. The molecule has 8 rings (SSSR count). The van der Waals surface area contributed by atoms with Crippen LogP contribution in [0.25, 0.3) is 66.2 Å². The van der Waals surface area contributed by atoms with Gasteiger partial charge in [0.2, 0.25) is 0 Å². The van der Waals surface area contributed by atoms with Crippen LogP contribution in [0, 0.1) is 0 Å². The Balaban J connectivity index is 1.46. The highest BCUT2D eigenvalue weighted by Gasteiger charge is 2.35. The first-order valence-corrected chi connectivity index (χ1v) is 13.5. The molecular formula is C37H26N2. The first-order valence-electron chi connectivity index (χ1n) is 13.5. The molecule has 6 aromatic carbocycles. The number of benzene rings is 6. The van der Waals surface area contributed by atoms with Crippen molar-refractivity contribution in [2.24, 2.45) is 0 Å². The maximum Gasteiger partial charge on any atom is 0.161 e. The van der Waals surface area contributed by atoms with E-state index < -0.39 is 0 Å². The number of fused-ring (bicyclic) bond motifs is 7. The maximum absolute atomic E-state index is 5.27. The molecule has 0 fully saturated rings. The molecule has 1 aliphatic rings. The lowest BCUT2D eigenvalue weighted by atomic mass is 9.82. The second-order valence-corrected chi connectivity index (χ2v) is 11.0. The van der Waals surface area contributed by atoms with Gasteiger partial charge in [0.25, 0.3) is 0 Å². The Hall–Kier alpha value is -4.82. The first-order chi connectivity index (χ1) is 19.1. The molecule has 0 unspecified atom stereocenters. The summed E-state index contributed by atoms with van der Waals surface area (Å²) in [5.74, 6) is 0.758. The number of hydrogen-bond acceptors (Lipinski definition) is 2. The summed E-state index contributed by atoms with van der Waals surface area (Å²) in [5.41, 5.74) is 9.47. The zero-order chi connectivity index (χ0) is 26.1. The normalized spacial score (nSPS) is 13.6. The smallest absolute Gasteiger partial charge is 0.161 e. The molecule has 0 bridgehead atoms. The van der Waals surface area contributed by atoms with Gasteiger partial charge in [-0.15, -0.1) is 0 Å². The van der Waals surface area contributed by atoms with Crippen molar-refractivity contribution in [2.45, 2.75) is 19.3 Å². The van der Waals surface area contributed by atoms with Crippen LogP contribution < -0.4 is 0 Å². The quantitative estimate of drug-likeness (QED) is 0.222. The average molecular weight is 499 g/mol. The van der Waals surface area contributed by atoms with Gasteiger partial charge in [0.05, 0.1) is 11.2 Å². The summed E-state index contributed by atoms with van der Waals surface area (Å²) in [5, 5.41) is 5.80. The van der Waals surface area contributed by atoms with E-state index >= 15 is 0 Å². The van der Waals surface area contributed by atoms with Crippen LogP contribution in [0.1, 0.15) is 25.0 Å². The first kappa shape index (κ1) is 22.2. The molecule has 1 aliphatic carbocycles. The molecule has 0 saturated carbocycles. The third-order valence-corrected chi connectivity index (χ3v) is 8.46. The highest BCUT2D eigenvalue weighted by Crippen LogP contribution is 2.50. The third kappa shape index (κ3) is 3.21. The van der Waals surface area contributed by atoms with Crippen molar-refractivity contribution in [3.63, 3.8) is 0 Å². The molecule has 0 amide bonds. The predicted octanol–water partition coefficient (Wildman–Crippen LogP) is 9.58. The van der Waals surface area contributed by atoms with E-state index in [2.05, 4.69) is 129 Å². The zero-order valence-electron chi connectivity index (χ0n) is 21.9. The number of nitrogens with zero attached hydrogens (tertiary/aromatic N) is 2. The van der Waals surface area contributed by atoms with Gasteiger partial charge < -0.3 is 0 Å². The third-order valence-electron chi connectivity index (χ3n) is 8.46. The van der Waals surface area contributed by atoms with Gasteiger partial charge in [-0.05, 0) is 56.6 Å². The van der Waals surface area contributed by atoms with Gasteiger partial charge in [0.15, 0.2) is 5.82 Å². The largest absolute Gasteiger partial charge is 0.227 e. The van der Waals surface area contributed by atoms with Crippen LogP contribution in [-0.4, -0.2) is 9.97 Å². The molecule has 2 nitrogen and oxygen atoms in total. The van der Waals surface area contributed by atoms with E-state index in [9.17, 15) is 0 Å². The van der Waals surface area contributed by atoms with Crippen LogP contribution >= 0.6 is 0 Å². The van der Waals surface area contributed by atoms with Gasteiger partial charge in [0, 0.05) is 27.3 Å². The molecule has 1 aromatic heterocycles. The van der Waals surface area contributed by atoms with Gasteiger partial charge in [-0.1, -0.05) is 117 Å². The Morgan fingerprint density at radius 1 is 0.487 bits per heavy atom. The Bertz CT molecular complexity index is 2090. The van der Waals surface area contributed by atoms with E-state index in [0.717, 1.165) is 38.9 Å². The van der Waals surface area contributed by atoms with Gasteiger partial charge in [0.1, 0.15) is 0 Å². The highest BCUT2D eigenvalue weighted by molar-refractivity contribution is 6.10. The molecule has 0 atom stereocenters. The van der Waals surface area contributed by atoms with Crippen molar-refractivity contribution in [1.29, 1.82) is 0 Å². The van der Waals surface area contributed by atoms with Crippen molar-refractivity contribution < 1.29 is 0 Å². The minimum absolute atomic E-state index is 0.0328. The van der Waals surface area contributed by atoms with Crippen LogP contribution in [0.4, 0.5) is 0 Å². The molecular weight excluding hydrogens is 472 g/mol. The van der Waals surface area contributed by atoms with E-state index in [1.165, 1.54) is 38.4 Å². The van der Waals surface area contributed by atoms with Gasteiger partial charge in [-0.3, -0.25) is 0 Å². The summed E-state index contributed by atoms with van der Waals surface area (Å²) in [7, 11) is 0. The minimum atomic E-state index is -0.0328. The summed E-state index contributed by atoms with van der Waals surface area (Å²) >= 11 is 0. The summed E-state index contributed by atoms with van der Waals surface area (Å²) in [6.45, 7) is 4.66. The molecule has 2 heteroatoms. The maximum atomic E-state index is 5.27. The van der Waals surface area contributed by atoms with E-state index in [0.29, 0.717) is 0 Å². The molecule has 0 N–H and O–H groups in total. The Kier molecular flexibility index (Phi) is 4.60. The van der Waals surface area contributed by atoms with Crippen molar-refractivity contribution in [1.82, 2.24) is 9.97 Å². The lowest BCUT2D eigenvalue weighted by molar-refractivity contribution is 0.661. The van der Waals surface area contributed by atoms with E-state index in [-0.39, 0.29) is 5.41 Å². The topological polar surface area (TPSA) is 25.8 Å². The number of rotatable bonds is 2. The summed E-state index contributed by atoms with van der Waals surface area (Å²) in [6.07, 6.45) is 0. The molecule has 39 heavy (non-hydrogen) atoms. The molecule has 0 aliphatic heterocycles. The predicted molar refractivity (Wildman–Crippen MR) is 163 cm³/mol. The van der Waals surface area contributed by atoms with Crippen LogP contribution in [-0.2, 0) is 5.41 Å². The van der Waals surface area contributed by atoms with Gasteiger partial charge >= 0.3 is 0 Å². The average Bonchev–Trinajstić information content (AvgIpc) is 3.21. The summed E-state index contributed by atoms with van der Waals surface area (Å²) in [4.78, 5) is 10.5. The molecule has 0 spiro atoms. The molecule has 7 aromatic rings. The van der Waals surface area contributed by atoms with Crippen molar-refractivity contribution in [3.05, 3.63) is 132 Å². The number of aromatic nitrogens is 2. The fraction of sp³-hybridized carbons (Fsp3) is 0.0811. The molecule has 0 radical (unpaired) electrons. The van der Waals surface area contributed by atoms with Crippen LogP contribution in [0.5, 0.6) is 0 Å². The monoisotopic (exact) mass is 498 g/mol. The Morgan fingerprint density at radius 2 is 1.23 bits per heavy atom. The van der Waals surface area contributed by atoms with Gasteiger partial charge in [-0.25, -0.2) is 9.97 Å². The lowest BCUT2D eigenvalue weighted by Crippen LogP contribution is -2.14. The Morgan fingerprint density at radius 3 is 2.13 bits per heavy atom. The molecule has 0 saturated heterocycles. The second kappa shape index (κ2) is 8.09. The van der Waals surface area contributed by atoms with Crippen LogP contribution in [0.2, 0.25) is 0 Å². The Labute approximate surface area is 227 Å².